The van der Waals surface area contributed by atoms with Gasteiger partial charge in [0.05, 0.1) is 19.8 Å². The van der Waals surface area contributed by atoms with Gasteiger partial charge in [0, 0.05) is 6.54 Å². The third-order valence-corrected chi connectivity index (χ3v) is 7.28. The summed E-state index contributed by atoms with van der Waals surface area (Å²) in [6, 6.07) is 9.45. The normalized spacial score (nSPS) is 12.4. The number of nitrogens with one attached hydrogen (secondary N) is 1. The van der Waals surface area contributed by atoms with E-state index >= 15 is 0 Å². The zero-order valence-electron chi connectivity index (χ0n) is 15.4. The van der Waals surface area contributed by atoms with Gasteiger partial charge in [-0.25, -0.2) is 22.7 Å². The van der Waals surface area contributed by atoms with Crippen molar-refractivity contribution in [1.29, 1.82) is 0 Å². The summed E-state index contributed by atoms with van der Waals surface area (Å²) in [5.41, 5.74) is 1.05. The smallest absolute Gasteiger partial charge is 0.348 e. The van der Waals surface area contributed by atoms with Crippen LogP contribution in [0.25, 0.3) is 0 Å². The number of sulfonamides is 1. The highest BCUT2D eigenvalue weighted by molar-refractivity contribution is 7.91. The van der Waals surface area contributed by atoms with Crippen LogP contribution in [0.4, 0.5) is 0 Å². The molecule has 1 N–H and O–H groups in total. The molecule has 0 fully saturated rings. The first-order valence-electron chi connectivity index (χ1n) is 8.07. The Hall–Kier alpha value is -2.23. The molecule has 1 atom stereocenters. The summed E-state index contributed by atoms with van der Waals surface area (Å²) in [5.74, 6) is -1.61. The predicted octanol–water partition coefficient (Wildman–Crippen LogP) is 2.71. The molecule has 0 saturated heterocycles. The Balaban J connectivity index is 2.36. The molecule has 9 heteroatoms. The van der Waals surface area contributed by atoms with E-state index in [1.165, 1.54) is 14.0 Å². The van der Waals surface area contributed by atoms with Crippen LogP contribution in [0.15, 0.2) is 34.5 Å². The third kappa shape index (κ3) is 4.55. The zero-order valence-corrected chi connectivity index (χ0v) is 17.1. The number of hydrogen-bond acceptors (Lipinski definition) is 7. The van der Waals surface area contributed by atoms with Crippen molar-refractivity contribution in [2.75, 3.05) is 20.8 Å². The number of carbonyl (C=O) groups excluding carboxylic acids is 2. The van der Waals surface area contributed by atoms with Gasteiger partial charge in [0.15, 0.2) is 4.21 Å². The van der Waals surface area contributed by atoms with Crippen LogP contribution in [0, 0.1) is 6.92 Å². The first kappa shape index (κ1) is 21.1. The number of hydrogen-bond donors (Lipinski definition) is 1. The molecule has 0 radical (unpaired) electrons. The number of methoxy groups -OCH3 is 2. The highest BCUT2D eigenvalue weighted by atomic mass is 32.2. The van der Waals surface area contributed by atoms with Crippen molar-refractivity contribution in [3.63, 3.8) is 0 Å². The second-order valence-electron chi connectivity index (χ2n) is 5.87. The van der Waals surface area contributed by atoms with E-state index in [0.717, 1.165) is 12.7 Å². The minimum Gasteiger partial charge on any atom is -0.465 e. The highest BCUT2D eigenvalue weighted by Crippen LogP contribution is 2.33. The standard InChI is InChI=1S/C18H21NO6S2/c1-11(13-8-6-5-7-9-13)10-19-27(22,23)18-14(16(20)24-3)12(2)15(26-18)17(21)25-4/h5-9,11,19H,10H2,1-4H3/t11-/m1/s1. The summed E-state index contributed by atoms with van der Waals surface area (Å²) in [6.45, 7) is 3.51. The van der Waals surface area contributed by atoms with Gasteiger partial charge in [-0.1, -0.05) is 37.3 Å². The van der Waals surface area contributed by atoms with Crippen molar-refractivity contribution in [3.8, 4) is 0 Å². The number of thiophene rings is 1. The maximum atomic E-state index is 12.8. The molecule has 0 aliphatic heterocycles. The van der Waals surface area contributed by atoms with Crippen molar-refractivity contribution >= 4 is 33.3 Å². The fourth-order valence-corrected chi connectivity index (χ4v) is 5.42. The molecule has 1 aromatic carbocycles. The van der Waals surface area contributed by atoms with E-state index in [4.69, 9.17) is 4.74 Å². The minimum atomic E-state index is -4.03. The van der Waals surface area contributed by atoms with Crippen molar-refractivity contribution in [2.45, 2.75) is 24.0 Å². The van der Waals surface area contributed by atoms with Crippen LogP contribution >= 0.6 is 11.3 Å². The molecular formula is C18H21NO6S2. The van der Waals surface area contributed by atoms with Crippen LogP contribution < -0.4 is 4.72 Å². The Kier molecular flexibility index (Phi) is 6.74. The molecule has 0 aliphatic rings. The average Bonchev–Trinajstić information content (AvgIpc) is 3.03. The lowest BCUT2D eigenvalue weighted by molar-refractivity contribution is 0.0596. The molecule has 7 nitrogen and oxygen atoms in total. The van der Waals surface area contributed by atoms with Crippen LogP contribution in [0.1, 0.15) is 44.0 Å². The molecule has 0 amide bonds. The number of rotatable bonds is 7. The van der Waals surface area contributed by atoms with Gasteiger partial charge in [-0.3, -0.25) is 0 Å². The Morgan fingerprint density at radius 1 is 1.11 bits per heavy atom. The summed E-state index contributed by atoms with van der Waals surface area (Å²) in [6.07, 6.45) is 0. The minimum absolute atomic E-state index is 0.0504. The Labute approximate surface area is 162 Å². The van der Waals surface area contributed by atoms with Crippen LogP contribution in [0.3, 0.4) is 0 Å². The van der Waals surface area contributed by atoms with E-state index in [9.17, 15) is 18.0 Å². The van der Waals surface area contributed by atoms with Gasteiger partial charge >= 0.3 is 11.9 Å². The molecule has 0 unspecified atom stereocenters. The van der Waals surface area contributed by atoms with Crippen LogP contribution in [0.2, 0.25) is 0 Å². The summed E-state index contributed by atoms with van der Waals surface area (Å²) >= 11 is 0.691. The number of benzene rings is 1. The van der Waals surface area contributed by atoms with Gasteiger partial charge < -0.3 is 9.47 Å². The molecule has 0 saturated carbocycles. The van der Waals surface area contributed by atoms with Crippen LogP contribution in [-0.2, 0) is 19.5 Å². The first-order valence-corrected chi connectivity index (χ1v) is 10.4. The van der Waals surface area contributed by atoms with Gasteiger partial charge in [-0.15, -0.1) is 11.3 Å². The SMILES string of the molecule is COC(=O)c1sc(S(=O)(=O)NC[C@@H](C)c2ccccc2)c(C(=O)OC)c1C. The van der Waals surface area contributed by atoms with Crippen LogP contribution in [-0.4, -0.2) is 41.1 Å². The topological polar surface area (TPSA) is 98.8 Å². The van der Waals surface area contributed by atoms with Crippen molar-refractivity contribution in [2.24, 2.45) is 0 Å². The van der Waals surface area contributed by atoms with Crippen molar-refractivity contribution in [1.82, 2.24) is 4.72 Å². The lowest BCUT2D eigenvalue weighted by Crippen LogP contribution is -2.28. The molecule has 0 aliphatic carbocycles. The largest absolute Gasteiger partial charge is 0.465 e. The predicted molar refractivity (Wildman–Crippen MR) is 102 cm³/mol. The van der Waals surface area contributed by atoms with E-state index in [2.05, 4.69) is 9.46 Å². The summed E-state index contributed by atoms with van der Waals surface area (Å²) in [4.78, 5) is 24.1. The maximum absolute atomic E-state index is 12.8. The lowest BCUT2D eigenvalue weighted by Gasteiger charge is -2.13. The van der Waals surface area contributed by atoms with E-state index in [0.29, 0.717) is 11.3 Å². The molecule has 1 heterocycles. The Bertz CT molecular complexity index is 934. The molecular weight excluding hydrogens is 390 g/mol. The summed E-state index contributed by atoms with van der Waals surface area (Å²) in [7, 11) is -1.69. The highest BCUT2D eigenvalue weighted by Gasteiger charge is 2.32. The number of ether oxygens (including phenoxy) is 2. The fraction of sp³-hybridized carbons (Fsp3) is 0.333. The summed E-state index contributed by atoms with van der Waals surface area (Å²) in [5, 5.41) is 0. The van der Waals surface area contributed by atoms with Crippen molar-refractivity contribution in [3.05, 3.63) is 51.9 Å². The third-order valence-electron chi connectivity index (χ3n) is 4.07. The Morgan fingerprint density at radius 2 is 1.70 bits per heavy atom. The van der Waals surface area contributed by atoms with Crippen molar-refractivity contribution < 1.29 is 27.5 Å². The van der Waals surface area contributed by atoms with Crippen LogP contribution in [0.5, 0.6) is 0 Å². The monoisotopic (exact) mass is 411 g/mol. The average molecular weight is 412 g/mol. The van der Waals surface area contributed by atoms with Gasteiger partial charge in [-0.2, -0.15) is 0 Å². The number of esters is 2. The molecule has 27 heavy (non-hydrogen) atoms. The molecule has 1 aromatic heterocycles. The van der Waals surface area contributed by atoms with E-state index in [1.807, 2.05) is 37.3 Å². The lowest BCUT2D eigenvalue weighted by atomic mass is 10.0. The van der Waals surface area contributed by atoms with Gasteiger partial charge in [0.2, 0.25) is 0 Å². The molecule has 146 valence electrons. The molecule has 0 bridgehead atoms. The Morgan fingerprint density at radius 3 is 2.26 bits per heavy atom. The first-order chi connectivity index (χ1) is 12.7. The van der Waals surface area contributed by atoms with E-state index < -0.39 is 22.0 Å². The van der Waals surface area contributed by atoms with E-state index in [1.54, 1.807) is 0 Å². The maximum Gasteiger partial charge on any atom is 0.348 e. The van der Waals surface area contributed by atoms with E-state index in [-0.39, 0.29) is 32.7 Å². The summed E-state index contributed by atoms with van der Waals surface area (Å²) < 4.78 is 37.3. The second kappa shape index (κ2) is 8.64. The van der Waals surface area contributed by atoms with Gasteiger partial charge in [0.1, 0.15) is 4.88 Å². The second-order valence-corrected chi connectivity index (χ2v) is 8.85. The number of carbonyl (C=O) groups is 2. The quantitative estimate of drug-likeness (QED) is 0.704. The van der Waals surface area contributed by atoms with Gasteiger partial charge in [-0.05, 0) is 24.0 Å². The zero-order chi connectivity index (χ0) is 20.2. The molecule has 2 rings (SSSR count). The van der Waals surface area contributed by atoms with Gasteiger partial charge in [0.25, 0.3) is 10.0 Å². The fourth-order valence-electron chi connectivity index (χ4n) is 2.50. The molecule has 2 aromatic rings. The molecule has 0 spiro atoms.